The van der Waals surface area contributed by atoms with Crippen molar-refractivity contribution in [2.75, 3.05) is 26.2 Å². The maximum Gasteiger partial charge on any atom is 0.0771 e. The summed E-state index contributed by atoms with van der Waals surface area (Å²) in [5.74, 6) is 0.762. The van der Waals surface area contributed by atoms with E-state index in [4.69, 9.17) is 0 Å². The molecule has 0 aromatic heterocycles. The van der Waals surface area contributed by atoms with E-state index in [0.29, 0.717) is 0 Å². The van der Waals surface area contributed by atoms with Gasteiger partial charge in [-0.3, -0.25) is 0 Å². The Labute approximate surface area is 105 Å². The van der Waals surface area contributed by atoms with Gasteiger partial charge in [0.1, 0.15) is 0 Å². The summed E-state index contributed by atoms with van der Waals surface area (Å²) in [6, 6.07) is 0. The molecular formula is C14H28N2O. The lowest BCUT2D eigenvalue weighted by Crippen LogP contribution is -2.43. The monoisotopic (exact) mass is 240 g/mol. The van der Waals surface area contributed by atoms with Crippen LogP contribution in [0.15, 0.2) is 0 Å². The second kappa shape index (κ2) is 6.72. The van der Waals surface area contributed by atoms with Crippen molar-refractivity contribution < 1.29 is 5.11 Å². The third kappa shape index (κ3) is 4.57. The third-order valence-corrected chi connectivity index (χ3v) is 4.32. The number of rotatable bonds is 4. The van der Waals surface area contributed by atoms with Crippen LogP contribution in [-0.4, -0.2) is 36.9 Å². The maximum atomic E-state index is 10.5. The van der Waals surface area contributed by atoms with Crippen molar-refractivity contribution in [2.45, 2.75) is 57.0 Å². The Kier molecular flexibility index (Phi) is 5.26. The fourth-order valence-corrected chi connectivity index (χ4v) is 3.17. The summed E-state index contributed by atoms with van der Waals surface area (Å²) in [6.45, 7) is 4.19. The molecule has 3 heteroatoms. The minimum absolute atomic E-state index is 0.418. The molecule has 0 aromatic carbocycles. The summed E-state index contributed by atoms with van der Waals surface area (Å²) >= 11 is 0. The highest BCUT2D eigenvalue weighted by Gasteiger charge is 2.27. The van der Waals surface area contributed by atoms with Crippen LogP contribution in [0.25, 0.3) is 0 Å². The molecule has 1 aliphatic carbocycles. The van der Waals surface area contributed by atoms with Gasteiger partial charge in [0.05, 0.1) is 5.60 Å². The zero-order valence-corrected chi connectivity index (χ0v) is 11.0. The smallest absolute Gasteiger partial charge is 0.0771 e. The zero-order valence-electron chi connectivity index (χ0n) is 11.0. The molecule has 2 fully saturated rings. The molecule has 0 bridgehead atoms. The van der Waals surface area contributed by atoms with Crippen LogP contribution in [0.3, 0.4) is 0 Å². The highest BCUT2D eigenvalue weighted by molar-refractivity contribution is 4.84. The second-order valence-electron chi connectivity index (χ2n) is 5.98. The average Bonchev–Trinajstić information content (AvgIpc) is 2.56. The zero-order chi connectivity index (χ0) is 12.0. The van der Waals surface area contributed by atoms with Crippen LogP contribution in [-0.2, 0) is 0 Å². The van der Waals surface area contributed by atoms with E-state index in [9.17, 15) is 5.11 Å². The van der Waals surface area contributed by atoms with E-state index < -0.39 is 5.60 Å². The minimum Gasteiger partial charge on any atom is -0.389 e. The molecule has 1 saturated heterocycles. The number of nitrogens with one attached hydrogen (secondary N) is 2. The van der Waals surface area contributed by atoms with Crippen LogP contribution >= 0.6 is 0 Å². The van der Waals surface area contributed by atoms with Gasteiger partial charge >= 0.3 is 0 Å². The first-order valence-electron chi connectivity index (χ1n) is 7.42. The van der Waals surface area contributed by atoms with Gasteiger partial charge in [-0.2, -0.15) is 0 Å². The molecule has 100 valence electrons. The van der Waals surface area contributed by atoms with Crippen molar-refractivity contribution in [2.24, 2.45) is 5.92 Å². The van der Waals surface area contributed by atoms with Crippen molar-refractivity contribution in [1.29, 1.82) is 0 Å². The van der Waals surface area contributed by atoms with Crippen LogP contribution in [0.4, 0.5) is 0 Å². The van der Waals surface area contributed by atoms with Crippen LogP contribution < -0.4 is 10.6 Å². The molecule has 1 unspecified atom stereocenters. The Hall–Kier alpha value is -0.120. The molecule has 0 aromatic rings. The molecule has 0 amide bonds. The molecule has 1 heterocycles. The van der Waals surface area contributed by atoms with Crippen LogP contribution in [0.5, 0.6) is 0 Å². The van der Waals surface area contributed by atoms with E-state index in [1.165, 1.54) is 45.1 Å². The summed E-state index contributed by atoms with van der Waals surface area (Å²) in [4.78, 5) is 0. The van der Waals surface area contributed by atoms with Crippen molar-refractivity contribution >= 4 is 0 Å². The SMILES string of the molecule is OC1(CNCC2CCCNC2)CCCCCC1. The van der Waals surface area contributed by atoms with Gasteiger partial charge in [-0.05, 0) is 51.2 Å². The van der Waals surface area contributed by atoms with E-state index in [0.717, 1.165) is 38.4 Å². The van der Waals surface area contributed by atoms with Crippen LogP contribution in [0.2, 0.25) is 0 Å². The predicted molar refractivity (Wildman–Crippen MR) is 71.1 cm³/mol. The van der Waals surface area contributed by atoms with Crippen molar-refractivity contribution in [3.05, 3.63) is 0 Å². The summed E-state index contributed by atoms with van der Waals surface area (Å²) in [5.41, 5.74) is -0.418. The lowest BCUT2D eigenvalue weighted by molar-refractivity contribution is 0.0244. The van der Waals surface area contributed by atoms with E-state index >= 15 is 0 Å². The van der Waals surface area contributed by atoms with Gasteiger partial charge in [-0.1, -0.05) is 25.7 Å². The number of aliphatic hydroxyl groups is 1. The Bertz CT molecular complexity index is 206. The number of hydrogen-bond donors (Lipinski definition) is 3. The summed E-state index contributed by atoms with van der Waals surface area (Å²) in [5, 5.41) is 17.4. The summed E-state index contributed by atoms with van der Waals surface area (Å²) in [7, 11) is 0. The molecule has 1 atom stereocenters. The second-order valence-corrected chi connectivity index (χ2v) is 5.98. The first-order chi connectivity index (χ1) is 8.29. The van der Waals surface area contributed by atoms with Gasteiger partial charge in [0.25, 0.3) is 0 Å². The van der Waals surface area contributed by atoms with Gasteiger partial charge < -0.3 is 15.7 Å². The summed E-state index contributed by atoms with van der Waals surface area (Å²) in [6.07, 6.45) is 9.61. The van der Waals surface area contributed by atoms with Crippen molar-refractivity contribution in [3.63, 3.8) is 0 Å². The molecule has 2 rings (SSSR count). The Morgan fingerprint density at radius 2 is 1.88 bits per heavy atom. The molecule has 1 aliphatic heterocycles. The van der Waals surface area contributed by atoms with Crippen LogP contribution in [0.1, 0.15) is 51.4 Å². The first kappa shape index (κ1) is 13.3. The van der Waals surface area contributed by atoms with Gasteiger partial charge in [-0.15, -0.1) is 0 Å². The fourth-order valence-electron chi connectivity index (χ4n) is 3.17. The fraction of sp³-hybridized carbons (Fsp3) is 1.00. The third-order valence-electron chi connectivity index (χ3n) is 4.32. The van der Waals surface area contributed by atoms with E-state index in [-0.39, 0.29) is 0 Å². The van der Waals surface area contributed by atoms with E-state index in [1.54, 1.807) is 0 Å². The quantitative estimate of drug-likeness (QED) is 0.655. The molecule has 2 aliphatic rings. The predicted octanol–water partition coefficient (Wildman–Crippen LogP) is 1.66. The topological polar surface area (TPSA) is 44.3 Å². The lowest BCUT2D eigenvalue weighted by atomic mass is 9.93. The maximum absolute atomic E-state index is 10.5. The lowest BCUT2D eigenvalue weighted by Gasteiger charge is -2.29. The molecule has 0 radical (unpaired) electrons. The van der Waals surface area contributed by atoms with Crippen molar-refractivity contribution in [3.8, 4) is 0 Å². The standard InChI is InChI=1S/C14H28N2O/c17-14(7-3-1-2-4-8-14)12-16-11-13-6-5-9-15-10-13/h13,15-17H,1-12H2. The molecule has 3 nitrogen and oxygen atoms in total. The minimum atomic E-state index is -0.418. The van der Waals surface area contributed by atoms with Gasteiger partial charge in [0, 0.05) is 6.54 Å². The van der Waals surface area contributed by atoms with Crippen LogP contribution in [0, 0.1) is 5.92 Å². The van der Waals surface area contributed by atoms with Gasteiger partial charge in [0.2, 0.25) is 0 Å². The molecule has 3 N–H and O–H groups in total. The van der Waals surface area contributed by atoms with E-state index in [1.807, 2.05) is 0 Å². The molecular weight excluding hydrogens is 212 g/mol. The number of piperidine rings is 1. The van der Waals surface area contributed by atoms with Gasteiger partial charge in [0.15, 0.2) is 0 Å². The molecule has 1 saturated carbocycles. The van der Waals surface area contributed by atoms with E-state index in [2.05, 4.69) is 10.6 Å². The van der Waals surface area contributed by atoms with Crippen molar-refractivity contribution in [1.82, 2.24) is 10.6 Å². The Morgan fingerprint density at radius 3 is 2.53 bits per heavy atom. The van der Waals surface area contributed by atoms with Gasteiger partial charge in [-0.25, -0.2) is 0 Å². The number of hydrogen-bond acceptors (Lipinski definition) is 3. The normalized spacial score (nSPS) is 29.8. The Balaban J connectivity index is 1.65. The first-order valence-corrected chi connectivity index (χ1v) is 7.42. The highest BCUT2D eigenvalue weighted by Crippen LogP contribution is 2.26. The Morgan fingerprint density at radius 1 is 1.12 bits per heavy atom. The highest BCUT2D eigenvalue weighted by atomic mass is 16.3. The molecule has 0 spiro atoms. The largest absolute Gasteiger partial charge is 0.389 e. The summed E-state index contributed by atoms with van der Waals surface area (Å²) < 4.78 is 0. The molecule has 17 heavy (non-hydrogen) atoms. The average molecular weight is 240 g/mol.